The lowest BCUT2D eigenvalue weighted by Crippen LogP contribution is -2.19. The van der Waals surface area contributed by atoms with Crippen molar-refractivity contribution in [3.63, 3.8) is 0 Å². The van der Waals surface area contributed by atoms with E-state index >= 15 is 0 Å². The van der Waals surface area contributed by atoms with E-state index in [4.69, 9.17) is 0 Å². The van der Waals surface area contributed by atoms with E-state index in [1.165, 1.54) is 65.1 Å². The van der Waals surface area contributed by atoms with E-state index in [2.05, 4.69) is 128 Å². The second-order valence-electron chi connectivity index (χ2n) is 10.1. The molecular weight excluding hydrogens is 571 g/mol. The standard InChI is InChI=1S/C36H45N3S3/c1-7-25-28(22-37-31-16-10-13-19-34(31)40-4)26(8-2)30(24-39-33-18-12-15-21-36(33)42-6)27(9-3)29(25)23-38-32-17-11-14-20-35(32)41-5/h10-21,37-39H,7-9,22-24H2,1-6H3. The van der Waals surface area contributed by atoms with Crippen molar-refractivity contribution in [3.8, 4) is 0 Å². The molecule has 0 aromatic heterocycles. The van der Waals surface area contributed by atoms with Crippen molar-refractivity contribution in [3.05, 3.63) is 106 Å². The molecule has 222 valence electrons. The Balaban J connectivity index is 1.82. The molecule has 0 saturated heterocycles. The third-order valence-corrected chi connectivity index (χ3v) is 10.3. The lowest BCUT2D eigenvalue weighted by atomic mass is 9.83. The van der Waals surface area contributed by atoms with Gasteiger partial charge in [-0.2, -0.15) is 0 Å². The molecule has 0 spiro atoms. The molecule has 0 aliphatic heterocycles. The van der Waals surface area contributed by atoms with Crippen LogP contribution in [0, 0.1) is 0 Å². The Morgan fingerprint density at radius 2 is 0.667 bits per heavy atom. The van der Waals surface area contributed by atoms with Gasteiger partial charge in [0.15, 0.2) is 0 Å². The zero-order valence-electron chi connectivity index (χ0n) is 25.9. The third-order valence-electron chi connectivity index (χ3n) is 7.93. The van der Waals surface area contributed by atoms with Gasteiger partial charge in [-0.3, -0.25) is 0 Å². The van der Waals surface area contributed by atoms with Crippen LogP contribution in [-0.4, -0.2) is 18.8 Å². The normalized spacial score (nSPS) is 11.0. The van der Waals surface area contributed by atoms with Crippen LogP contribution in [0.5, 0.6) is 0 Å². The molecule has 0 unspecified atom stereocenters. The average molecular weight is 616 g/mol. The van der Waals surface area contributed by atoms with Gasteiger partial charge in [-0.25, -0.2) is 0 Å². The van der Waals surface area contributed by atoms with Crippen LogP contribution in [0.4, 0.5) is 17.1 Å². The number of thioether (sulfide) groups is 3. The summed E-state index contributed by atoms with van der Waals surface area (Å²) in [5.74, 6) is 0. The molecule has 0 heterocycles. The van der Waals surface area contributed by atoms with Crippen molar-refractivity contribution in [2.24, 2.45) is 0 Å². The summed E-state index contributed by atoms with van der Waals surface area (Å²) in [5, 5.41) is 11.5. The molecule has 4 aromatic rings. The topological polar surface area (TPSA) is 36.1 Å². The minimum absolute atomic E-state index is 0.816. The highest BCUT2D eigenvalue weighted by molar-refractivity contribution is 7.99. The predicted molar refractivity (Wildman–Crippen MR) is 191 cm³/mol. The highest BCUT2D eigenvalue weighted by Crippen LogP contribution is 2.35. The number of benzene rings is 4. The van der Waals surface area contributed by atoms with Crippen molar-refractivity contribution in [1.82, 2.24) is 0 Å². The molecule has 3 N–H and O–H groups in total. The smallest absolute Gasteiger partial charge is 0.0480 e. The van der Waals surface area contributed by atoms with Crippen LogP contribution in [0.1, 0.15) is 54.2 Å². The van der Waals surface area contributed by atoms with Crippen molar-refractivity contribution in [1.29, 1.82) is 0 Å². The fourth-order valence-corrected chi connectivity index (χ4v) is 7.66. The van der Waals surface area contributed by atoms with E-state index in [0.29, 0.717) is 0 Å². The van der Waals surface area contributed by atoms with Gasteiger partial charge in [-0.15, -0.1) is 35.3 Å². The fourth-order valence-electron chi connectivity index (χ4n) is 5.94. The van der Waals surface area contributed by atoms with Gasteiger partial charge in [-0.1, -0.05) is 57.2 Å². The Morgan fingerprint density at radius 3 is 0.905 bits per heavy atom. The molecule has 4 aromatic carbocycles. The second kappa shape index (κ2) is 16.3. The van der Waals surface area contributed by atoms with Gasteiger partial charge in [0, 0.05) is 51.4 Å². The fraction of sp³-hybridized carbons (Fsp3) is 0.333. The van der Waals surface area contributed by atoms with Gasteiger partial charge >= 0.3 is 0 Å². The van der Waals surface area contributed by atoms with E-state index in [-0.39, 0.29) is 0 Å². The Morgan fingerprint density at radius 1 is 0.405 bits per heavy atom. The number of rotatable bonds is 15. The maximum atomic E-state index is 3.84. The molecular formula is C36H45N3S3. The molecule has 6 heteroatoms. The van der Waals surface area contributed by atoms with Crippen molar-refractivity contribution in [2.45, 2.75) is 74.4 Å². The van der Waals surface area contributed by atoms with Crippen LogP contribution in [0.25, 0.3) is 0 Å². The molecule has 42 heavy (non-hydrogen) atoms. The zero-order valence-corrected chi connectivity index (χ0v) is 28.3. The van der Waals surface area contributed by atoms with Gasteiger partial charge in [-0.05, 0) is 108 Å². The summed E-state index contributed by atoms with van der Waals surface area (Å²) >= 11 is 5.38. The molecule has 0 radical (unpaired) electrons. The highest BCUT2D eigenvalue weighted by Gasteiger charge is 2.22. The minimum Gasteiger partial charge on any atom is -0.380 e. The van der Waals surface area contributed by atoms with Gasteiger partial charge < -0.3 is 16.0 Å². The summed E-state index contributed by atoms with van der Waals surface area (Å²) in [6, 6.07) is 25.9. The van der Waals surface area contributed by atoms with Crippen LogP contribution >= 0.6 is 35.3 Å². The largest absolute Gasteiger partial charge is 0.380 e. The molecule has 3 nitrogen and oxygen atoms in total. The highest BCUT2D eigenvalue weighted by atomic mass is 32.2. The number of hydrogen-bond donors (Lipinski definition) is 3. The Kier molecular flexibility index (Phi) is 12.5. The Hall–Kier alpha value is -2.67. The number of hydrogen-bond acceptors (Lipinski definition) is 6. The van der Waals surface area contributed by atoms with Crippen LogP contribution in [0.3, 0.4) is 0 Å². The first-order valence-electron chi connectivity index (χ1n) is 14.9. The van der Waals surface area contributed by atoms with Crippen LogP contribution < -0.4 is 16.0 Å². The van der Waals surface area contributed by atoms with Gasteiger partial charge in [0.05, 0.1) is 0 Å². The molecule has 4 rings (SSSR count). The van der Waals surface area contributed by atoms with Crippen LogP contribution in [-0.2, 0) is 38.9 Å². The maximum Gasteiger partial charge on any atom is 0.0480 e. The molecule has 0 fully saturated rings. The lowest BCUT2D eigenvalue weighted by molar-refractivity contribution is 0.882. The van der Waals surface area contributed by atoms with Crippen molar-refractivity contribution < 1.29 is 0 Å². The number of anilines is 3. The van der Waals surface area contributed by atoms with Crippen molar-refractivity contribution in [2.75, 3.05) is 34.7 Å². The first-order valence-corrected chi connectivity index (χ1v) is 18.5. The monoisotopic (exact) mass is 615 g/mol. The van der Waals surface area contributed by atoms with Gasteiger partial charge in [0.1, 0.15) is 0 Å². The van der Waals surface area contributed by atoms with E-state index in [9.17, 15) is 0 Å². The van der Waals surface area contributed by atoms with E-state index in [1.807, 2.05) is 0 Å². The number of para-hydroxylation sites is 3. The third kappa shape index (κ3) is 7.45. The van der Waals surface area contributed by atoms with Crippen molar-refractivity contribution >= 4 is 52.3 Å². The lowest BCUT2D eigenvalue weighted by Gasteiger charge is -2.28. The predicted octanol–water partition coefficient (Wildman–Crippen LogP) is 10.4. The summed E-state index contributed by atoms with van der Waals surface area (Å²) in [7, 11) is 0. The molecule has 0 atom stereocenters. The SMILES string of the molecule is CCc1c(CNc2ccccc2SC)c(CC)c(CNc2ccccc2SC)c(CC)c1CNc1ccccc1SC. The quantitative estimate of drug-likeness (QED) is 0.116. The minimum atomic E-state index is 0.816. The Bertz CT molecular complexity index is 1270. The zero-order chi connectivity index (χ0) is 29.9. The average Bonchev–Trinajstić information content (AvgIpc) is 3.05. The maximum absolute atomic E-state index is 3.84. The molecule has 0 saturated carbocycles. The molecule has 0 aliphatic rings. The van der Waals surface area contributed by atoms with Crippen LogP contribution in [0.15, 0.2) is 87.5 Å². The Labute approximate surface area is 266 Å². The summed E-state index contributed by atoms with van der Waals surface area (Å²) in [4.78, 5) is 3.85. The van der Waals surface area contributed by atoms with Crippen LogP contribution in [0.2, 0.25) is 0 Å². The first-order chi connectivity index (χ1) is 20.6. The summed E-state index contributed by atoms with van der Waals surface area (Å²) in [6.07, 6.45) is 9.47. The van der Waals surface area contributed by atoms with Gasteiger partial charge in [0.2, 0.25) is 0 Å². The second-order valence-corrected chi connectivity index (χ2v) is 12.6. The van der Waals surface area contributed by atoms with E-state index < -0.39 is 0 Å². The molecule has 0 amide bonds. The van der Waals surface area contributed by atoms with Gasteiger partial charge in [0.25, 0.3) is 0 Å². The summed E-state index contributed by atoms with van der Waals surface area (Å²) < 4.78 is 0. The summed E-state index contributed by atoms with van der Waals surface area (Å²) in [5.41, 5.74) is 12.4. The number of nitrogens with one attached hydrogen (secondary N) is 3. The molecule has 0 aliphatic carbocycles. The van der Waals surface area contributed by atoms with E-state index in [0.717, 1.165) is 38.9 Å². The molecule has 0 bridgehead atoms. The first kappa shape index (κ1) is 32.2. The van der Waals surface area contributed by atoms with E-state index in [1.54, 1.807) is 35.3 Å². The summed E-state index contributed by atoms with van der Waals surface area (Å²) in [6.45, 7) is 9.41.